The standard InChI is InChI=1S/C35H37N9O5/c1-7-24-30(49-22(5)36-24)32(46)40-35-38-26-19-23(33(47)48-6)17-20(3)29(26)43(35)16-12-11-15-42-27-14-10-9-13-25(27)37-34(42)39-31(45)28-18-21(4)41-44(28)8-2/h9-14,17-19H,7-8,15-16H2,1-6H3,(H,37,39,45)(H,38,40,46)/b12-11+. The molecule has 4 heterocycles. The molecule has 0 fully saturated rings. The summed E-state index contributed by atoms with van der Waals surface area (Å²) in [6, 6.07) is 12.8. The van der Waals surface area contributed by atoms with Crippen molar-refractivity contribution in [1.29, 1.82) is 0 Å². The number of benzene rings is 2. The van der Waals surface area contributed by atoms with Crippen LogP contribution in [0.25, 0.3) is 22.1 Å². The number of carbonyl (C=O) groups excluding carboxylic acids is 3. The number of rotatable bonds is 11. The Kier molecular flexibility index (Phi) is 9.12. The minimum atomic E-state index is -0.487. The Hall–Kier alpha value is -6.05. The number of nitrogens with zero attached hydrogens (tertiary/aromatic N) is 7. The van der Waals surface area contributed by atoms with Gasteiger partial charge in [0, 0.05) is 26.6 Å². The number of oxazole rings is 1. The number of ether oxygens (including phenoxy) is 1. The van der Waals surface area contributed by atoms with E-state index in [0.717, 1.165) is 27.8 Å². The summed E-state index contributed by atoms with van der Waals surface area (Å²) in [6.07, 6.45) is 4.42. The van der Waals surface area contributed by atoms with Gasteiger partial charge in [0.05, 0.1) is 46.1 Å². The van der Waals surface area contributed by atoms with Gasteiger partial charge >= 0.3 is 5.97 Å². The Bertz CT molecular complexity index is 2250. The van der Waals surface area contributed by atoms with Gasteiger partial charge in [0.1, 0.15) is 5.69 Å². The molecule has 0 saturated carbocycles. The van der Waals surface area contributed by atoms with Crippen molar-refractivity contribution in [1.82, 2.24) is 33.9 Å². The lowest BCUT2D eigenvalue weighted by Gasteiger charge is -2.10. The van der Waals surface area contributed by atoms with Gasteiger partial charge in [-0.15, -0.1) is 0 Å². The van der Waals surface area contributed by atoms with Crippen LogP contribution in [-0.4, -0.2) is 58.8 Å². The first kappa shape index (κ1) is 32.9. The van der Waals surface area contributed by atoms with Crippen molar-refractivity contribution in [3.63, 3.8) is 0 Å². The molecule has 0 radical (unpaired) electrons. The first-order chi connectivity index (χ1) is 23.6. The number of nitrogens with one attached hydrogen (secondary N) is 2. The Morgan fingerprint density at radius 2 is 1.57 bits per heavy atom. The zero-order valence-electron chi connectivity index (χ0n) is 28.2. The summed E-state index contributed by atoms with van der Waals surface area (Å²) in [5, 5.41) is 10.3. The number of allylic oxidation sites excluding steroid dienone is 2. The van der Waals surface area contributed by atoms with E-state index in [1.165, 1.54) is 7.11 Å². The first-order valence-electron chi connectivity index (χ1n) is 15.9. The molecule has 2 amide bonds. The summed E-state index contributed by atoms with van der Waals surface area (Å²) in [6.45, 7) is 10.5. The van der Waals surface area contributed by atoms with Crippen molar-refractivity contribution in [2.45, 2.75) is 60.7 Å². The molecular formula is C35H37N9O5. The van der Waals surface area contributed by atoms with Gasteiger partial charge in [0.15, 0.2) is 5.89 Å². The minimum Gasteiger partial charge on any atom is -0.465 e. The van der Waals surface area contributed by atoms with Gasteiger partial charge in [-0.2, -0.15) is 5.10 Å². The van der Waals surface area contributed by atoms with Gasteiger partial charge in [0.2, 0.25) is 17.7 Å². The van der Waals surface area contributed by atoms with E-state index >= 15 is 0 Å². The molecule has 4 aromatic heterocycles. The molecule has 2 aromatic carbocycles. The maximum absolute atomic E-state index is 13.4. The van der Waals surface area contributed by atoms with Crippen LogP contribution in [0.5, 0.6) is 0 Å². The molecule has 0 aliphatic heterocycles. The highest BCUT2D eigenvalue weighted by atomic mass is 16.5. The lowest BCUT2D eigenvalue weighted by Crippen LogP contribution is -2.19. The number of aryl methyl sites for hydroxylation is 5. The summed E-state index contributed by atoms with van der Waals surface area (Å²) >= 11 is 0. The normalized spacial score (nSPS) is 11.6. The van der Waals surface area contributed by atoms with E-state index in [9.17, 15) is 14.4 Å². The molecule has 49 heavy (non-hydrogen) atoms. The van der Waals surface area contributed by atoms with Crippen molar-refractivity contribution in [3.05, 3.63) is 94.5 Å². The summed E-state index contributed by atoms with van der Waals surface area (Å²) in [5.41, 5.74) is 5.72. The number of anilines is 2. The van der Waals surface area contributed by atoms with E-state index < -0.39 is 11.9 Å². The predicted octanol–water partition coefficient (Wildman–Crippen LogP) is 5.63. The Morgan fingerprint density at radius 1 is 0.878 bits per heavy atom. The summed E-state index contributed by atoms with van der Waals surface area (Å²) < 4.78 is 16.0. The van der Waals surface area contributed by atoms with Crippen LogP contribution in [0.3, 0.4) is 0 Å². The highest BCUT2D eigenvalue weighted by Gasteiger charge is 2.23. The van der Waals surface area contributed by atoms with E-state index in [1.807, 2.05) is 73.2 Å². The Morgan fingerprint density at radius 3 is 2.31 bits per heavy atom. The van der Waals surface area contributed by atoms with Crippen LogP contribution >= 0.6 is 0 Å². The lowest BCUT2D eigenvalue weighted by molar-refractivity contribution is 0.0600. The SMILES string of the molecule is CCc1nc(C)oc1C(=O)Nc1nc2cc(C(=O)OC)cc(C)c2n1C/C=C/Cn1c(NC(=O)c2cc(C)nn2CC)nc2ccccc21. The average molecular weight is 664 g/mol. The summed E-state index contributed by atoms with van der Waals surface area (Å²) in [7, 11) is 1.32. The molecule has 0 atom stereocenters. The number of amides is 2. The van der Waals surface area contributed by atoms with Crippen molar-refractivity contribution < 1.29 is 23.5 Å². The molecular weight excluding hydrogens is 626 g/mol. The van der Waals surface area contributed by atoms with E-state index in [2.05, 4.69) is 20.7 Å². The zero-order valence-corrected chi connectivity index (χ0v) is 28.2. The fraction of sp³-hybridized carbons (Fsp3) is 0.286. The number of imidazole rings is 2. The summed E-state index contributed by atoms with van der Waals surface area (Å²) in [5.74, 6) is -0.0738. The molecule has 0 bridgehead atoms. The van der Waals surface area contributed by atoms with E-state index in [1.54, 1.807) is 29.8 Å². The van der Waals surface area contributed by atoms with Crippen molar-refractivity contribution in [2.24, 2.45) is 0 Å². The van der Waals surface area contributed by atoms with Crippen LogP contribution < -0.4 is 10.6 Å². The molecule has 0 saturated heterocycles. The molecule has 14 nitrogen and oxygen atoms in total. The third-order valence-electron chi connectivity index (χ3n) is 8.08. The predicted molar refractivity (Wildman–Crippen MR) is 184 cm³/mol. The molecule has 2 N–H and O–H groups in total. The lowest BCUT2D eigenvalue weighted by atomic mass is 10.1. The maximum Gasteiger partial charge on any atom is 0.337 e. The number of para-hydroxylation sites is 2. The number of hydrogen-bond donors (Lipinski definition) is 2. The van der Waals surface area contributed by atoms with Crippen molar-refractivity contribution in [2.75, 3.05) is 17.7 Å². The molecule has 6 rings (SSSR count). The van der Waals surface area contributed by atoms with Crippen LogP contribution in [0, 0.1) is 20.8 Å². The van der Waals surface area contributed by atoms with Crippen LogP contribution in [-0.2, 0) is 30.8 Å². The Labute approximate surface area is 281 Å². The second-order valence-corrected chi connectivity index (χ2v) is 11.5. The van der Waals surface area contributed by atoms with Crippen LogP contribution in [0.2, 0.25) is 0 Å². The fourth-order valence-electron chi connectivity index (χ4n) is 5.88. The maximum atomic E-state index is 13.4. The Balaban J connectivity index is 1.31. The molecule has 14 heteroatoms. The molecule has 6 aromatic rings. The molecule has 252 valence electrons. The van der Waals surface area contributed by atoms with Gasteiger partial charge < -0.3 is 18.3 Å². The zero-order chi connectivity index (χ0) is 34.8. The monoisotopic (exact) mass is 663 g/mol. The highest BCUT2D eigenvalue weighted by molar-refractivity contribution is 6.04. The van der Waals surface area contributed by atoms with Gasteiger partial charge in [0.25, 0.3) is 11.8 Å². The van der Waals surface area contributed by atoms with Crippen LogP contribution in [0.1, 0.15) is 68.1 Å². The number of esters is 1. The second kappa shape index (κ2) is 13.6. The average Bonchev–Trinajstić information content (AvgIpc) is 3.85. The van der Waals surface area contributed by atoms with Gasteiger partial charge in [-0.05, 0) is 63.1 Å². The fourth-order valence-corrected chi connectivity index (χ4v) is 5.88. The third-order valence-corrected chi connectivity index (χ3v) is 8.08. The van der Waals surface area contributed by atoms with E-state index in [4.69, 9.17) is 19.1 Å². The number of carbonyl (C=O) groups is 3. The van der Waals surface area contributed by atoms with Crippen molar-refractivity contribution in [3.8, 4) is 0 Å². The van der Waals surface area contributed by atoms with Crippen LogP contribution in [0.4, 0.5) is 11.9 Å². The quantitative estimate of drug-likeness (QED) is 0.132. The first-order valence-corrected chi connectivity index (χ1v) is 15.9. The molecule has 0 spiro atoms. The second-order valence-electron chi connectivity index (χ2n) is 11.5. The largest absolute Gasteiger partial charge is 0.465 e. The number of methoxy groups -OCH3 is 1. The van der Waals surface area contributed by atoms with Crippen LogP contribution in [0.15, 0.2) is 59.0 Å². The molecule has 0 unspecified atom stereocenters. The topological polar surface area (TPSA) is 164 Å². The highest BCUT2D eigenvalue weighted by Crippen LogP contribution is 2.27. The smallest absolute Gasteiger partial charge is 0.337 e. The summed E-state index contributed by atoms with van der Waals surface area (Å²) in [4.78, 5) is 52.8. The number of hydrogen-bond acceptors (Lipinski definition) is 9. The van der Waals surface area contributed by atoms with Gasteiger partial charge in [-0.1, -0.05) is 31.2 Å². The molecule has 0 aliphatic carbocycles. The van der Waals surface area contributed by atoms with Crippen molar-refractivity contribution >= 4 is 51.7 Å². The number of aromatic nitrogens is 7. The number of fused-ring (bicyclic) bond motifs is 2. The van der Waals surface area contributed by atoms with Gasteiger partial charge in [-0.3, -0.25) is 24.9 Å². The molecule has 0 aliphatic rings. The van der Waals surface area contributed by atoms with Gasteiger partial charge in [-0.25, -0.2) is 19.7 Å². The van der Waals surface area contributed by atoms with E-state index in [0.29, 0.717) is 60.4 Å². The third kappa shape index (κ3) is 6.44. The van der Waals surface area contributed by atoms with E-state index in [-0.39, 0.29) is 17.6 Å². The minimum absolute atomic E-state index is 0.125.